The van der Waals surface area contributed by atoms with E-state index in [0.29, 0.717) is 0 Å². The third-order valence-electron chi connectivity index (χ3n) is 2.41. The fourth-order valence-electron chi connectivity index (χ4n) is 1.33. The molecule has 0 aromatic heterocycles. The summed E-state index contributed by atoms with van der Waals surface area (Å²) in [7, 11) is 1.82. The van der Waals surface area contributed by atoms with E-state index in [0.717, 1.165) is 24.4 Å². The van der Waals surface area contributed by atoms with Gasteiger partial charge >= 0.3 is 0 Å². The number of halogens is 1. The summed E-state index contributed by atoms with van der Waals surface area (Å²) in [4.78, 5) is 12.7. The lowest BCUT2D eigenvalue weighted by Crippen LogP contribution is -2.25. The van der Waals surface area contributed by atoms with E-state index >= 15 is 0 Å². The number of rotatable bonds is 4. The Morgan fingerprint density at radius 2 is 1.93 bits per heavy atom. The first kappa shape index (κ1) is 12.1. The summed E-state index contributed by atoms with van der Waals surface area (Å²) >= 11 is 5.78. The number of benzene rings is 1. The molecule has 0 heterocycles. The summed E-state index contributed by atoms with van der Waals surface area (Å²) in [6.07, 6.45) is 1.96. The maximum Gasteiger partial charge on any atom is 0.219 e. The van der Waals surface area contributed by atoms with Crippen molar-refractivity contribution in [2.24, 2.45) is 0 Å². The minimum Gasteiger partial charge on any atom is -0.346 e. The van der Waals surface area contributed by atoms with Gasteiger partial charge in [0.2, 0.25) is 5.91 Å². The van der Waals surface area contributed by atoms with Gasteiger partial charge in [-0.1, -0.05) is 23.7 Å². The molecular formula is C12H16ClNO. The number of carbonyl (C=O) groups is 1. The molecule has 1 rings (SSSR count). The Labute approximate surface area is 95.8 Å². The number of aryl methyl sites for hydroxylation is 1. The highest BCUT2D eigenvalue weighted by atomic mass is 35.5. The molecule has 0 unspecified atom stereocenters. The first-order chi connectivity index (χ1) is 7.09. The summed E-state index contributed by atoms with van der Waals surface area (Å²) < 4.78 is 0. The van der Waals surface area contributed by atoms with Crippen molar-refractivity contribution in [3.8, 4) is 0 Å². The minimum atomic E-state index is 0.117. The molecular weight excluding hydrogens is 210 g/mol. The van der Waals surface area contributed by atoms with Crippen molar-refractivity contribution >= 4 is 17.5 Å². The highest BCUT2D eigenvalue weighted by Gasteiger charge is 2.01. The van der Waals surface area contributed by atoms with Crippen LogP contribution in [0.3, 0.4) is 0 Å². The molecule has 0 aliphatic rings. The van der Waals surface area contributed by atoms with E-state index < -0.39 is 0 Å². The molecule has 1 aromatic carbocycles. The molecule has 0 saturated carbocycles. The summed E-state index contributed by atoms with van der Waals surface area (Å²) in [6, 6.07) is 7.84. The second-order valence-corrected chi connectivity index (χ2v) is 4.11. The average Bonchev–Trinajstić information content (AvgIpc) is 2.20. The van der Waals surface area contributed by atoms with Crippen molar-refractivity contribution in [2.75, 3.05) is 13.6 Å². The van der Waals surface area contributed by atoms with Gasteiger partial charge < -0.3 is 4.90 Å². The maximum atomic E-state index is 10.9. The van der Waals surface area contributed by atoms with Crippen LogP contribution in [-0.4, -0.2) is 24.4 Å². The summed E-state index contributed by atoms with van der Waals surface area (Å²) in [5, 5.41) is 0.764. The van der Waals surface area contributed by atoms with Crippen LogP contribution in [0.4, 0.5) is 0 Å². The van der Waals surface area contributed by atoms with E-state index in [1.807, 2.05) is 31.3 Å². The zero-order chi connectivity index (χ0) is 11.3. The van der Waals surface area contributed by atoms with E-state index in [2.05, 4.69) is 0 Å². The molecule has 3 heteroatoms. The lowest BCUT2D eigenvalue weighted by atomic mass is 10.1. The van der Waals surface area contributed by atoms with Crippen LogP contribution in [0.2, 0.25) is 5.02 Å². The van der Waals surface area contributed by atoms with E-state index in [4.69, 9.17) is 11.6 Å². The van der Waals surface area contributed by atoms with Crippen molar-refractivity contribution in [3.05, 3.63) is 34.9 Å². The molecule has 0 atom stereocenters. The lowest BCUT2D eigenvalue weighted by molar-refractivity contribution is -0.127. The Hall–Kier alpha value is -1.02. The highest BCUT2D eigenvalue weighted by Crippen LogP contribution is 2.10. The smallest absolute Gasteiger partial charge is 0.219 e. The highest BCUT2D eigenvalue weighted by molar-refractivity contribution is 6.30. The van der Waals surface area contributed by atoms with Gasteiger partial charge in [0.05, 0.1) is 0 Å². The standard InChI is InChI=1S/C12H16ClNO/c1-10(15)14(2)9-3-4-11-5-7-12(13)8-6-11/h5-8H,3-4,9H2,1-2H3. The molecule has 0 bridgehead atoms. The van der Waals surface area contributed by atoms with Crippen LogP contribution in [0.5, 0.6) is 0 Å². The van der Waals surface area contributed by atoms with Crippen molar-refractivity contribution in [2.45, 2.75) is 19.8 Å². The van der Waals surface area contributed by atoms with Crippen molar-refractivity contribution in [3.63, 3.8) is 0 Å². The molecule has 0 aliphatic carbocycles. The fraction of sp³-hybridized carbons (Fsp3) is 0.417. The Morgan fingerprint density at radius 1 is 1.33 bits per heavy atom. The average molecular weight is 226 g/mol. The Kier molecular flexibility index (Phi) is 4.63. The monoisotopic (exact) mass is 225 g/mol. The summed E-state index contributed by atoms with van der Waals surface area (Å²) in [6.45, 7) is 2.39. The van der Waals surface area contributed by atoms with Crippen LogP contribution < -0.4 is 0 Å². The number of amides is 1. The van der Waals surface area contributed by atoms with Crippen LogP contribution in [0.15, 0.2) is 24.3 Å². The molecule has 0 radical (unpaired) electrons. The van der Waals surface area contributed by atoms with Gasteiger partial charge in [0.15, 0.2) is 0 Å². The number of carbonyl (C=O) groups excluding carboxylic acids is 1. The summed E-state index contributed by atoms with van der Waals surface area (Å²) in [5.41, 5.74) is 1.26. The van der Waals surface area contributed by atoms with E-state index in [1.54, 1.807) is 11.8 Å². The molecule has 1 aromatic rings. The van der Waals surface area contributed by atoms with Gasteiger partial charge in [-0.15, -0.1) is 0 Å². The quantitative estimate of drug-likeness (QED) is 0.772. The first-order valence-electron chi connectivity index (χ1n) is 5.06. The number of nitrogens with zero attached hydrogens (tertiary/aromatic N) is 1. The van der Waals surface area contributed by atoms with E-state index in [9.17, 15) is 4.79 Å². The van der Waals surface area contributed by atoms with Gasteiger partial charge in [0.25, 0.3) is 0 Å². The van der Waals surface area contributed by atoms with Crippen molar-refractivity contribution < 1.29 is 4.79 Å². The molecule has 0 aliphatic heterocycles. The van der Waals surface area contributed by atoms with Gasteiger partial charge in [-0.25, -0.2) is 0 Å². The predicted molar refractivity (Wildman–Crippen MR) is 63.1 cm³/mol. The first-order valence-corrected chi connectivity index (χ1v) is 5.43. The van der Waals surface area contributed by atoms with Crippen LogP contribution in [0.25, 0.3) is 0 Å². The van der Waals surface area contributed by atoms with Gasteiger partial charge in [0, 0.05) is 25.5 Å². The molecule has 0 fully saturated rings. The minimum absolute atomic E-state index is 0.117. The summed E-state index contributed by atoms with van der Waals surface area (Å²) in [5.74, 6) is 0.117. The Bertz CT molecular complexity index is 321. The molecule has 82 valence electrons. The molecule has 1 amide bonds. The fourth-order valence-corrected chi connectivity index (χ4v) is 1.45. The van der Waals surface area contributed by atoms with Gasteiger partial charge in [-0.05, 0) is 30.5 Å². The van der Waals surface area contributed by atoms with E-state index in [-0.39, 0.29) is 5.91 Å². The van der Waals surface area contributed by atoms with Gasteiger partial charge in [-0.2, -0.15) is 0 Å². The lowest BCUT2D eigenvalue weighted by Gasteiger charge is -2.14. The second-order valence-electron chi connectivity index (χ2n) is 3.67. The zero-order valence-corrected chi connectivity index (χ0v) is 9.92. The molecule has 15 heavy (non-hydrogen) atoms. The van der Waals surface area contributed by atoms with E-state index in [1.165, 1.54) is 5.56 Å². The van der Waals surface area contributed by atoms with Crippen molar-refractivity contribution in [1.82, 2.24) is 4.90 Å². The third-order valence-corrected chi connectivity index (χ3v) is 2.66. The Balaban J connectivity index is 2.32. The SMILES string of the molecule is CC(=O)N(C)CCCc1ccc(Cl)cc1. The number of hydrogen-bond donors (Lipinski definition) is 0. The largest absolute Gasteiger partial charge is 0.346 e. The molecule has 0 spiro atoms. The second kappa shape index (κ2) is 5.76. The zero-order valence-electron chi connectivity index (χ0n) is 9.16. The molecule has 0 saturated heterocycles. The topological polar surface area (TPSA) is 20.3 Å². The van der Waals surface area contributed by atoms with Crippen LogP contribution in [0, 0.1) is 0 Å². The molecule has 0 N–H and O–H groups in total. The Morgan fingerprint density at radius 3 is 2.47 bits per heavy atom. The predicted octanol–water partition coefficient (Wildman–Crippen LogP) is 2.75. The normalized spacial score (nSPS) is 10.1. The van der Waals surface area contributed by atoms with Crippen LogP contribution >= 0.6 is 11.6 Å². The van der Waals surface area contributed by atoms with Crippen LogP contribution in [-0.2, 0) is 11.2 Å². The third kappa shape index (κ3) is 4.34. The van der Waals surface area contributed by atoms with Crippen LogP contribution in [0.1, 0.15) is 18.9 Å². The maximum absolute atomic E-state index is 10.9. The van der Waals surface area contributed by atoms with Gasteiger partial charge in [-0.3, -0.25) is 4.79 Å². The molecule has 2 nitrogen and oxygen atoms in total. The number of hydrogen-bond acceptors (Lipinski definition) is 1. The van der Waals surface area contributed by atoms with Crippen molar-refractivity contribution in [1.29, 1.82) is 0 Å². The van der Waals surface area contributed by atoms with Gasteiger partial charge in [0.1, 0.15) is 0 Å².